The maximum Gasteiger partial charge on any atom is 0.412 e. The van der Waals surface area contributed by atoms with E-state index in [0.717, 1.165) is 11.1 Å². The van der Waals surface area contributed by atoms with Crippen LogP contribution in [0.25, 0.3) is 0 Å². The van der Waals surface area contributed by atoms with E-state index in [1.165, 1.54) is 0 Å². The molecule has 0 saturated heterocycles. The molecule has 1 aliphatic rings. The van der Waals surface area contributed by atoms with Gasteiger partial charge in [-0.3, -0.25) is 5.32 Å². The fourth-order valence-corrected chi connectivity index (χ4v) is 3.25. The Balaban J connectivity index is 1.52. The lowest BCUT2D eigenvalue weighted by Gasteiger charge is -2.31. The molecule has 0 bridgehead atoms. The molecular formula is C24H22N2O4. The SMILES string of the molecule is COc1cccc(NC(=O)OC2CN=C(c3ccccc3)OC2c2ccccc2)c1. The second kappa shape index (κ2) is 9.13. The van der Waals surface area contributed by atoms with Gasteiger partial charge < -0.3 is 14.2 Å². The minimum atomic E-state index is -0.573. The van der Waals surface area contributed by atoms with Gasteiger partial charge in [-0.1, -0.05) is 54.6 Å². The Morgan fingerprint density at radius 2 is 1.73 bits per heavy atom. The van der Waals surface area contributed by atoms with E-state index in [9.17, 15) is 4.79 Å². The van der Waals surface area contributed by atoms with Crippen LogP contribution in [-0.2, 0) is 9.47 Å². The van der Waals surface area contributed by atoms with E-state index in [0.29, 0.717) is 23.9 Å². The Kier molecular flexibility index (Phi) is 5.94. The second-order valence-electron chi connectivity index (χ2n) is 6.76. The van der Waals surface area contributed by atoms with Crippen molar-refractivity contribution in [3.05, 3.63) is 96.1 Å². The summed E-state index contributed by atoms with van der Waals surface area (Å²) in [7, 11) is 1.57. The Morgan fingerprint density at radius 1 is 1.00 bits per heavy atom. The van der Waals surface area contributed by atoms with Crippen molar-refractivity contribution in [1.29, 1.82) is 0 Å². The quantitative estimate of drug-likeness (QED) is 0.664. The zero-order chi connectivity index (χ0) is 20.8. The van der Waals surface area contributed by atoms with Gasteiger partial charge in [-0.15, -0.1) is 0 Å². The smallest absolute Gasteiger partial charge is 0.412 e. The monoisotopic (exact) mass is 402 g/mol. The zero-order valence-electron chi connectivity index (χ0n) is 16.5. The summed E-state index contributed by atoms with van der Waals surface area (Å²) in [6, 6.07) is 26.5. The maximum atomic E-state index is 12.5. The lowest BCUT2D eigenvalue weighted by atomic mass is 10.0. The highest BCUT2D eigenvalue weighted by Gasteiger charge is 2.33. The summed E-state index contributed by atoms with van der Waals surface area (Å²) >= 11 is 0. The standard InChI is InChI=1S/C24H22N2O4/c1-28-20-14-8-13-19(15-20)26-24(27)29-21-16-25-23(18-11-6-3-7-12-18)30-22(21)17-9-4-2-5-10-17/h2-15,21-22H,16H2,1H3,(H,26,27). The first kappa shape index (κ1) is 19.5. The average Bonchev–Trinajstić information content (AvgIpc) is 2.80. The molecule has 0 radical (unpaired) electrons. The number of rotatable bonds is 5. The minimum Gasteiger partial charge on any atom is -0.497 e. The van der Waals surface area contributed by atoms with E-state index >= 15 is 0 Å². The number of anilines is 1. The highest BCUT2D eigenvalue weighted by atomic mass is 16.6. The van der Waals surface area contributed by atoms with Crippen molar-refractivity contribution in [1.82, 2.24) is 0 Å². The molecule has 4 rings (SSSR count). The summed E-state index contributed by atoms with van der Waals surface area (Å²) in [6.07, 6.45) is -1.60. The van der Waals surface area contributed by atoms with Crippen molar-refractivity contribution in [3.8, 4) is 5.75 Å². The number of carbonyl (C=O) groups excluding carboxylic acids is 1. The van der Waals surface area contributed by atoms with Crippen LogP contribution >= 0.6 is 0 Å². The number of nitrogens with one attached hydrogen (secondary N) is 1. The molecule has 30 heavy (non-hydrogen) atoms. The van der Waals surface area contributed by atoms with E-state index in [-0.39, 0.29) is 0 Å². The molecule has 2 unspecified atom stereocenters. The Labute approximate surface area is 175 Å². The number of nitrogens with zero attached hydrogens (tertiary/aromatic N) is 1. The summed E-state index contributed by atoms with van der Waals surface area (Å²) in [5, 5.41) is 2.73. The van der Waals surface area contributed by atoms with E-state index in [1.807, 2.05) is 60.7 Å². The normalized spacial score (nSPS) is 18.0. The van der Waals surface area contributed by atoms with E-state index in [4.69, 9.17) is 14.2 Å². The molecule has 2 atom stereocenters. The van der Waals surface area contributed by atoms with Crippen LogP contribution in [0.2, 0.25) is 0 Å². The molecule has 3 aromatic carbocycles. The number of carbonyl (C=O) groups is 1. The van der Waals surface area contributed by atoms with Crippen LogP contribution in [0, 0.1) is 0 Å². The maximum absolute atomic E-state index is 12.5. The second-order valence-corrected chi connectivity index (χ2v) is 6.76. The van der Waals surface area contributed by atoms with Gasteiger partial charge >= 0.3 is 6.09 Å². The molecule has 1 N–H and O–H groups in total. The molecule has 0 saturated carbocycles. The highest BCUT2D eigenvalue weighted by molar-refractivity contribution is 5.94. The van der Waals surface area contributed by atoms with Gasteiger partial charge in [0.15, 0.2) is 12.2 Å². The van der Waals surface area contributed by atoms with Gasteiger partial charge in [0.25, 0.3) is 0 Å². The molecule has 6 nitrogen and oxygen atoms in total. The first-order chi connectivity index (χ1) is 14.7. The van der Waals surface area contributed by atoms with E-state index < -0.39 is 18.3 Å². The lowest BCUT2D eigenvalue weighted by Crippen LogP contribution is -2.37. The Morgan fingerprint density at radius 3 is 2.47 bits per heavy atom. The summed E-state index contributed by atoms with van der Waals surface area (Å²) in [5.41, 5.74) is 2.39. The summed E-state index contributed by atoms with van der Waals surface area (Å²) in [4.78, 5) is 17.0. The number of hydrogen-bond acceptors (Lipinski definition) is 5. The molecule has 1 heterocycles. The number of methoxy groups -OCH3 is 1. The molecule has 152 valence electrons. The number of benzene rings is 3. The number of aliphatic imine (C=N–C) groups is 1. The Bertz CT molecular complexity index is 1020. The number of amides is 1. The van der Waals surface area contributed by atoms with Gasteiger partial charge in [-0.2, -0.15) is 0 Å². The molecular weight excluding hydrogens is 380 g/mol. The predicted octanol–water partition coefficient (Wildman–Crippen LogP) is 4.83. The summed E-state index contributed by atoms with van der Waals surface area (Å²) in [5.74, 6) is 1.19. The van der Waals surface area contributed by atoms with Crippen LogP contribution in [0.1, 0.15) is 17.2 Å². The van der Waals surface area contributed by atoms with Crippen LogP contribution in [0.5, 0.6) is 5.75 Å². The van der Waals surface area contributed by atoms with Crippen LogP contribution in [0.4, 0.5) is 10.5 Å². The molecule has 1 aliphatic heterocycles. The molecule has 0 spiro atoms. The first-order valence-corrected chi connectivity index (χ1v) is 9.66. The summed E-state index contributed by atoms with van der Waals surface area (Å²) < 4.78 is 17.1. The summed E-state index contributed by atoms with van der Waals surface area (Å²) in [6.45, 7) is 0.301. The zero-order valence-corrected chi connectivity index (χ0v) is 16.5. The molecule has 3 aromatic rings. The highest BCUT2D eigenvalue weighted by Crippen LogP contribution is 2.29. The van der Waals surface area contributed by atoms with E-state index in [2.05, 4.69) is 10.3 Å². The van der Waals surface area contributed by atoms with Gasteiger partial charge in [0.05, 0.1) is 13.7 Å². The van der Waals surface area contributed by atoms with Gasteiger partial charge in [-0.05, 0) is 29.8 Å². The van der Waals surface area contributed by atoms with E-state index in [1.54, 1.807) is 31.4 Å². The van der Waals surface area contributed by atoms with Crippen molar-refractivity contribution < 1.29 is 19.0 Å². The third kappa shape index (κ3) is 4.60. The fourth-order valence-electron chi connectivity index (χ4n) is 3.25. The number of ether oxygens (including phenoxy) is 3. The molecule has 6 heteroatoms. The van der Waals surface area contributed by atoms with Crippen molar-refractivity contribution in [2.45, 2.75) is 12.2 Å². The van der Waals surface area contributed by atoms with Crippen LogP contribution in [0.3, 0.4) is 0 Å². The first-order valence-electron chi connectivity index (χ1n) is 9.66. The molecule has 0 aromatic heterocycles. The number of hydrogen-bond donors (Lipinski definition) is 1. The third-order valence-corrected chi connectivity index (χ3v) is 4.71. The van der Waals surface area contributed by atoms with Crippen LogP contribution in [0.15, 0.2) is 89.9 Å². The average molecular weight is 402 g/mol. The largest absolute Gasteiger partial charge is 0.497 e. The van der Waals surface area contributed by atoms with Gasteiger partial charge in [0, 0.05) is 17.3 Å². The molecule has 0 aliphatic carbocycles. The Hall–Kier alpha value is -3.80. The van der Waals surface area contributed by atoms with Crippen molar-refractivity contribution >= 4 is 17.7 Å². The predicted molar refractivity (Wildman–Crippen MR) is 115 cm³/mol. The van der Waals surface area contributed by atoms with Gasteiger partial charge in [0.1, 0.15) is 5.75 Å². The lowest BCUT2D eigenvalue weighted by molar-refractivity contribution is 0.00996. The molecule has 1 amide bonds. The van der Waals surface area contributed by atoms with Crippen molar-refractivity contribution in [2.75, 3.05) is 19.0 Å². The van der Waals surface area contributed by atoms with Gasteiger partial charge in [-0.25, -0.2) is 9.79 Å². The third-order valence-electron chi connectivity index (χ3n) is 4.71. The fraction of sp³-hybridized carbons (Fsp3) is 0.167. The molecule has 0 fully saturated rings. The van der Waals surface area contributed by atoms with Crippen molar-refractivity contribution in [3.63, 3.8) is 0 Å². The minimum absolute atomic E-state index is 0.301. The van der Waals surface area contributed by atoms with Crippen molar-refractivity contribution in [2.24, 2.45) is 4.99 Å². The topological polar surface area (TPSA) is 69.2 Å². The van der Waals surface area contributed by atoms with Crippen LogP contribution in [-0.4, -0.2) is 31.7 Å². The van der Waals surface area contributed by atoms with Gasteiger partial charge in [0.2, 0.25) is 5.90 Å². The van der Waals surface area contributed by atoms with Crippen LogP contribution < -0.4 is 10.1 Å².